The lowest BCUT2D eigenvalue weighted by atomic mass is 10.0. The Bertz CT molecular complexity index is 861. The average Bonchev–Trinajstić information content (AvgIpc) is 3.09. The van der Waals surface area contributed by atoms with Crippen molar-refractivity contribution in [2.75, 3.05) is 0 Å². The largest absolute Gasteiger partial charge is 0.362 e. The van der Waals surface area contributed by atoms with E-state index in [1.54, 1.807) is 24.4 Å². The second-order valence-corrected chi connectivity index (χ2v) is 5.09. The quantitative estimate of drug-likeness (QED) is 0.543. The Labute approximate surface area is 120 Å². The lowest BCUT2D eigenvalue weighted by Gasteiger charge is -2.00. The van der Waals surface area contributed by atoms with Gasteiger partial charge in [-0.2, -0.15) is 0 Å². The lowest BCUT2D eigenvalue weighted by molar-refractivity contribution is 0.0990. The van der Waals surface area contributed by atoms with Gasteiger partial charge >= 0.3 is 0 Å². The molecule has 0 radical (unpaired) electrons. The molecule has 0 spiro atoms. The molecule has 0 unspecified atom stereocenters. The highest BCUT2D eigenvalue weighted by molar-refractivity contribution is 6.42. The molecule has 0 bridgehead atoms. The summed E-state index contributed by atoms with van der Waals surface area (Å²) in [6.07, 6.45) is 3.38. The van der Waals surface area contributed by atoms with Crippen LogP contribution in [-0.2, 0) is 0 Å². The molecule has 0 fully saturated rings. The molecule has 100 valence electrons. The van der Waals surface area contributed by atoms with E-state index in [-0.39, 0.29) is 17.1 Å². The predicted octanol–water partition coefficient (Wildman–Crippen LogP) is 3.63. The van der Waals surface area contributed by atoms with Crippen molar-refractivity contribution in [2.24, 2.45) is 0 Å². The molecule has 4 rings (SSSR count). The van der Waals surface area contributed by atoms with Gasteiger partial charge in [0.25, 0.3) is 0 Å². The van der Waals surface area contributed by atoms with Gasteiger partial charge in [0.05, 0.1) is 5.57 Å². The molecule has 3 heteroatoms. The molecular weight excluding hydrogens is 262 g/mol. The molecule has 1 aromatic heterocycles. The van der Waals surface area contributed by atoms with Crippen LogP contribution in [-0.4, -0.2) is 16.6 Å². The molecule has 21 heavy (non-hydrogen) atoms. The van der Waals surface area contributed by atoms with Gasteiger partial charge in [0, 0.05) is 23.0 Å². The highest BCUT2D eigenvalue weighted by atomic mass is 16.2. The van der Waals surface area contributed by atoms with Crippen molar-refractivity contribution in [1.82, 2.24) is 4.98 Å². The second kappa shape index (κ2) is 4.28. The zero-order valence-electron chi connectivity index (χ0n) is 11.1. The number of rotatable bonds is 1. The second-order valence-electron chi connectivity index (χ2n) is 5.09. The number of aromatic amines is 1. The van der Waals surface area contributed by atoms with Crippen molar-refractivity contribution in [1.29, 1.82) is 0 Å². The van der Waals surface area contributed by atoms with Gasteiger partial charge in [-0.05, 0) is 41.1 Å². The van der Waals surface area contributed by atoms with Crippen LogP contribution in [0, 0.1) is 0 Å². The van der Waals surface area contributed by atoms with E-state index in [0.29, 0.717) is 11.1 Å². The van der Waals surface area contributed by atoms with Gasteiger partial charge in [-0.1, -0.05) is 24.3 Å². The number of nitrogens with one attached hydrogen (secondary N) is 1. The van der Waals surface area contributed by atoms with Crippen molar-refractivity contribution in [3.8, 4) is 0 Å². The Kier molecular flexibility index (Phi) is 2.42. The Morgan fingerprint density at radius 2 is 1.43 bits per heavy atom. The summed E-state index contributed by atoms with van der Waals surface area (Å²) in [5.41, 5.74) is 1.97. The smallest absolute Gasteiger partial charge is 0.197 e. The third-order valence-corrected chi connectivity index (χ3v) is 3.79. The van der Waals surface area contributed by atoms with Crippen molar-refractivity contribution >= 4 is 28.4 Å². The van der Waals surface area contributed by atoms with E-state index in [0.717, 1.165) is 16.5 Å². The zero-order valence-corrected chi connectivity index (χ0v) is 11.1. The molecule has 1 N–H and O–H groups in total. The minimum absolute atomic E-state index is 0.199. The Balaban J connectivity index is 1.92. The van der Waals surface area contributed by atoms with Gasteiger partial charge in [0.1, 0.15) is 0 Å². The minimum Gasteiger partial charge on any atom is -0.362 e. The maximum absolute atomic E-state index is 12.5. The highest BCUT2D eigenvalue weighted by Crippen LogP contribution is 2.31. The summed E-state index contributed by atoms with van der Waals surface area (Å²) in [5.74, 6) is -0.397. The molecular formula is C18H11NO2. The topological polar surface area (TPSA) is 49.9 Å². The number of allylic oxidation sites excluding steroid dienone is 1. The van der Waals surface area contributed by atoms with Crippen LogP contribution in [0.2, 0.25) is 0 Å². The van der Waals surface area contributed by atoms with Crippen LogP contribution in [0.3, 0.4) is 0 Å². The molecule has 0 saturated heterocycles. The van der Waals surface area contributed by atoms with Crippen LogP contribution in [0.15, 0.2) is 60.3 Å². The zero-order chi connectivity index (χ0) is 14.4. The van der Waals surface area contributed by atoms with Crippen LogP contribution >= 0.6 is 0 Å². The summed E-state index contributed by atoms with van der Waals surface area (Å²) in [6.45, 7) is 0. The van der Waals surface area contributed by atoms with Crippen LogP contribution in [0.4, 0.5) is 0 Å². The van der Waals surface area contributed by atoms with Gasteiger partial charge in [-0.25, -0.2) is 0 Å². The van der Waals surface area contributed by atoms with Gasteiger partial charge in [0.2, 0.25) is 0 Å². The van der Waals surface area contributed by atoms with Crippen LogP contribution in [0.5, 0.6) is 0 Å². The summed E-state index contributed by atoms with van der Waals surface area (Å²) < 4.78 is 0. The summed E-state index contributed by atoms with van der Waals surface area (Å²) in [5, 5.41) is 1.94. The number of aromatic nitrogens is 1. The normalized spacial score (nSPS) is 13.8. The molecule has 0 aliphatic heterocycles. The number of ketones is 2. The van der Waals surface area contributed by atoms with Crippen molar-refractivity contribution in [2.45, 2.75) is 0 Å². The molecule has 1 aliphatic rings. The van der Waals surface area contributed by atoms with Gasteiger partial charge in [0.15, 0.2) is 11.6 Å². The monoisotopic (exact) mass is 273 g/mol. The first-order chi connectivity index (χ1) is 10.2. The number of benzene rings is 2. The Hall–Kier alpha value is -2.94. The summed E-state index contributed by atoms with van der Waals surface area (Å²) in [7, 11) is 0. The number of hydrogen-bond donors (Lipinski definition) is 1. The molecule has 2 aromatic carbocycles. The van der Waals surface area contributed by atoms with E-state index in [4.69, 9.17) is 0 Å². The number of carbonyl (C=O) groups is 2. The number of H-pyrrole nitrogens is 1. The van der Waals surface area contributed by atoms with E-state index in [2.05, 4.69) is 4.98 Å². The predicted molar refractivity (Wildman–Crippen MR) is 81.4 cm³/mol. The summed E-state index contributed by atoms with van der Waals surface area (Å²) in [6, 6.07) is 15.0. The number of Topliss-reactive ketones (excluding diaryl/α,β-unsaturated/α-hetero) is 2. The summed E-state index contributed by atoms with van der Waals surface area (Å²) in [4.78, 5) is 27.9. The van der Waals surface area contributed by atoms with Crippen molar-refractivity contribution in [3.63, 3.8) is 0 Å². The molecule has 3 aromatic rings. The molecule has 0 saturated carbocycles. The molecule has 1 aliphatic carbocycles. The first-order valence-electron chi connectivity index (χ1n) is 6.71. The SMILES string of the molecule is O=C1C(=Cc2ccc[nH]2)C(=O)c2cc3ccccc3cc21. The Morgan fingerprint density at radius 1 is 0.810 bits per heavy atom. The molecule has 0 amide bonds. The Morgan fingerprint density at radius 3 is 1.95 bits per heavy atom. The van der Waals surface area contributed by atoms with Crippen LogP contribution in [0.25, 0.3) is 16.8 Å². The van der Waals surface area contributed by atoms with E-state index in [1.165, 1.54) is 0 Å². The fraction of sp³-hybridized carbons (Fsp3) is 0. The third-order valence-electron chi connectivity index (χ3n) is 3.79. The highest BCUT2D eigenvalue weighted by Gasteiger charge is 2.33. The number of carbonyl (C=O) groups excluding carboxylic acids is 2. The average molecular weight is 273 g/mol. The standard InChI is InChI=1S/C18H11NO2/c20-17-14-8-11-4-1-2-5-12(11)9-15(14)18(21)16(17)10-13-6-3-7-19-13/h1-10,19H. The number of fused-ring (bicyclic) bond motifs is 2. The first kappa shape index (κ1) is 11.9. The minimum atomic E-state index is -0.199. The van der Waals surface area contributed by atoms with Crippen LogP contribution in [0.1, 0.15) is 26.4 Å². The molecule has 3 nitrogen and oxygen atoms in total. The molecule has 0 atom stereocenters. The van der Waals surface area contributed by atoms with Gasteiger partial charge < -0.3 is 4.98 Å². The first-order valence-corrected chi connectivity index (χ1v) is 6.71. The van der Waals surface area contributed by atoms with E-state index < -0.39 is 0 Å². The van der Waals surface area contributed by atoms with Crippen molar-refractivity contribution < 1.29 is 9.59 Å². The third kappa shape index (κ3) is 1.75. The number of hydrogen-bond acceptors (Lipinski definition) is 2. The lowest BCUT2D eigenvalue weighted by Crippen LogP contribution is -2.00. The van der Waals surface area contributed by atoms with E-state index in [9.17, 15) is 9.59 Å². The van der Waals surface area contributed by atoms with E-state index in [1.807, 2.05) is 36.4 Å². The van der Waals surface area contributed by atoms with E-state index >= 15 is 0 Å². The van der Waals surface area contributed by atoms with Gasteiger partial charge in [-0.15, -0.1) is 0 Å². The fourth-order valence-electron chi connectivity index (χ4n) is 2.73. The summed E-state index contributed by atoms with van der Waals surface area (Å²) >= 11 is 0. The van der Waals surface area contributed by atoms with Crippen molar-refractivity contribution in [3.05, 3.63) is 77.1 Å². The fourth-order valence-corrected chi connectivity index (χ4v) is 2.73. The van der Waals surface area contributed by atoms with Crippen LogP contribution < -0.4 is 0 Å². The maximum atomic E-state index is 12.5. The van der Waals surface area contributed by atoms with Gasteiger partial charge in [-0.3, -0.25) is 9.59 Å². The maximum Gasteiger partial charge on any atom is 0.197 e. The molecule has 1 heterocycles.